The molecular weight excluding hydrogens is 534 g/mol. The lowest BCUT2D eigenvalue weighted by molar-refractivity contribution is -0.162. The second-order valence-corrected chi connectivity index (χ2v) is 9.64. The number of amidine groups is 1. The maximum Gasteiger partial charge on any atom is 0.354 e. The van der Waals surface area contributed by atoms with Gasteiger partial charge in [0.05, 0.1) is 17.8 Å². The summed E-state index contributed by atoms with van der Waals surface area (Å²) >= 11 is 0. The van der Waals surface area contributed by atoms with E-state index in [1.807, 2.05) is 0 Å². The molecule has 0 spiro atoms. The highest BCUT2D eigenvalue weighted by Gasteiger charge is 2.34. The van der Waals surface area contributed by atoms with Crippen LogP contribution in [0.4, 0.5) is 5.69 Å². The molecule has 14 heteroatoms. The molecule has 216 valence electrons. The summed E-state index contributed by atoms with van der Waals surface area (Å²) in [5.41, 5.74) is 13.6. The molecule has 0 bridgehead atoms. The average molecular weight is 566 g/mol. The van der Waals surface area contributed by atoms with Gasteiger partial charge in [0.1, 0.15) is 11.8 Å². The van der Waals surface area contributed by atoms with Crippen molar-refractivity contribution in [2.75, 3.05) is 13.1 Å². The summed E-state index contributed by atoms with van der Waals surface area (Å²) in [6.45, 7) is 2.11. The number of fused-ring (bicyclic) bond motifs is 1. The maximum absolute atomic E-state index is 12.9. The molecule has 0 radical (unpaired) electrons. The van der Waals surface area contributed by atoms with Crippen LogP contribution in [0.5, 0.6) is 0 Å². The van der Waals surface area contributed by atoms with Crippen molar-refractivity contribution < 1.29 is 34.2 Å². The fourth-order valence-electron chi connectivity index (χ4n) is 4.61. The van der Waals surface area contributed by atoms with E-state index in [0.29, 0.717) is 35.2 Å². The highest BCUT2D eigenvalue weighted by Crippen LogP contribution is 2.32. The Balaban J connectivity index is 1.27. The Morgan fingerprint density at radius 1 is 1.02 bits per heavy atom. The third kappa shape index (κ3) is 6.67. The Kier molecular flexibility index (Phi) is 8.94. The highest BCUT2D eigenvalue weighted by atomic mass is 16.5. The molecule has 3 atom stereocenters. The maximum atomic E-state index is 12.9. The molecule has 3 unspecified atom stereocenters. The van der Waals surface area contributed by atoms with E-state index >= 15 is 0 Å². The number of likely N-dealkylation sites (tertiary alicyclic amines) is 1. The predicted octanol–water partition coefficient (Wildman–Crippen LogP) is 0.220. The molecule has 2 aromatic carbocycles. The third-order valence-corrected chi connectivity index (χ3v) is 6.88. The van der Waals surface area contributed by atoms with Crippen LogP contribution >= 0.6 is 0 Å². The number of oxime groups is 1. The number of carboxylic acid groups (broad SMARTS) is 1. The molecule has 4 rings (SSSR count). The van der Waals surface area contributed by atoms with Crippen LogP contribution in [0.2, 0.25) is 0 Å². The number of aliphatic imine (C=N–C) groups is 1. The average Bonchev–Trinajstić information content (AvgIpc) is 3.32. The van der Waals surface area contributed by atoms with Crippen LogP contribution in [0.3, 0.4) is 0 Å². The number of hydrogen-bond acceptors (Lipinski definition) is 9. The molecule has 2 aromatic rings. The van der Waals surface area contributed by atoms with Crippen LogP contribution in [-0.4, -0.2) is 81.9 Å². The van der Waals surface area contributed by atoms with Crippen LogP contribution < -0.4 is 22.1 Å². The van der Waals surface area contributed by atoms with Gasteiger partial charge in [0.15, 0.2) is 5.84 Å². The molecule has 3 amide bonds. The van der Waals surface area contributed by atoms with Gasteiger partial charge in [-0.05, 0) is 38.0 Å². The molecule has 2 heterocycles. The summed E-state index contributed by atoms with van der Waals surface area (Å²) in [7, 11) is 0. The lowest BCUT2D eigenvalue weighted by Crippen LogP contribution is -2.52. The molecule has 1 fully saturated rings. The van der Waals surface area contributed by atoms with Gasteiger partial charge in [0, 0.05) is 29.8 Å². The number of carbonyl (C=O) groups is 4. The van der Waals surface area contributed by atoms with Crippen molar-refractivity contribution in [2.24, 2.45) is 21.6 Å². The number of para-hydroxylation sites is 1. The Morgan fingerprint density at radius 2 is 1.66 bits per heavy atom. The molecule has 1 saturated heterocycles. The predicted molar refractivity (Wildman–Crippen MR) is 147 cm³/mol. The summed E-state index contributed by atoms with van der Waals surface area (Å²) in [5, 5.41) is 26.3. The Morgan fingerprint density at radius 3 is 2.27 bits per heavy atom. The summed E-state index contributed by atoms with van der Waals surface area (Å²) in [4.78, 5) is 55.9. The zero-order chi connectivity index (χ0) is 29.7. The van der Waals surface area contributed by atoms with Crippen molar-refractivity contribution in [2.45, 2.75) is 44.2 Å². The minimum Gasteiger partial charge on any atom is -0.478 e. The van der Waals surface area contributed by atoms with Crippen molar-refractivity contribution in [3.63, 3.8) is 0 Å². The number of rotatable bonds is 9. The number of carboxylic acids is 1. The number of hydrogen-bond donors (Lipinski definition) is 6. The summed E-state index contributed by atoms with van der Waals surface area (Å²) in [6, 6.07) is 11.4. The highest BCUT2D eigenvalue weighted by molar-refractivity contribution is 6.42. The van der Waals surface area contributed by atoms with Crippen LogP contribution in [0.25, 0.3) is 0 Å². The van der Waals surface area contributed by atoms with Crippen LogP contribution in [0, 0.1) is 0 Å². The smallest absolute Gasteiger partial charge is 0.354 e. The van der Waals surface area contributed by atoms with E-state index in [9.17, 15) is 24.3 Å². The number of ether oxygens (including phenoxy) is 1. The number of nitrogens with one attached hydrogen (secondary N) is 2. The van der Waals surface area contributed by atoms with Gasteiger partial charge in [0.2, 0.25) is 12.1 Å². The fraction of sp³-hybridized carbons (Fsp3) is 0.333. The first kappa shape index (κ1) is 29.2. The lowest BCUT2D eigenvalue weighted by Gasteiger charge is -2.34. The SMILES string of the molecule is CC(NC(=O)c1ccc(/C(N)=N/O)cc1)C(=O)N1CCC(OC(NC(=O)C2=Nc3ccccc3C2N)C(=O)O)CC1. The van der Waals surface area contributed by atoms with Gasteiger partial charge < -0.3 is 42.1 Å². The number of benzene rings is 2. The standard InChI is InChI=1S/C27H31N7O7/c1-14(30-23(35)16-8-6-15(7-9-16)22(29)33-40)26(37)34-12-10-17(11-13-34)41-25(27(38)39)32-24(36)21-20(28)18-4-2-3-5-19(18)31-21/h2-9,14,17,20,25,40H,10-13,28H2,1H3,(H2,29,33)(H,30,35)(H,32,36)(H,38,39). The monoisotopic (exact) mass is 565 g/mol. The minimum absolute atomic E-state index is 0.00317. The number of amides is 3. The van der Waals surface area contributed by atoms with Gasteiger partial charge in [-0.3, -0.25) is 14.4 Å². The van der Waals surface area contributed by atoms with E-state index in [1.165, 1.54) is 24.3 Å². The molecule has 0 saturated carbocycles. The first-order valence-electron chi connectivity index (χ1n) is 12.9. The lowest BCUT2D eigenvalue weighted by atomic mass is 10.0. The molecule has 41 heavy (non-hydrogen) atoms. The second-order valence-electron chi connectivity index (χ2n) is 9.64. The largest absolute Gasteiger partial charge is 0.478 e. The van der Waals surface area contributed by atoms with Gasteiger partial charge in [-0.25, -0.2) is 9.79 Å². The van der Waals surface area contributed by atoms with E-state index in [0.717, 1.165) is 0 Å². The van der Waals surface area contributed by atoms with E-state index in [-0.39, 0.29) is 30.5 Å². The zero-order valence-corrected chi connectivity index (χ0v) is 22.2. The molecule has 14 nitrogen and oxygen atoms in total. The Labute approximate surface area is 235 Å². The van der Waals surface area contributed by atoms with Crippen LogP contribution in [-0.2, 0) is 19.1 Å². The third-order valence-electron chi connectivity index (χ3n) is 6.88. The number of nitrogens with zero attached hydrogens (tertiary/aromatic N) is 3. The van der Waals surface area contributed by atoms with Crippen molar-refractivity contribution in [1.29, 1.82) is 0 Å². The number of aliphatic carboxylic acids is 1. The quantitative estimate of drug-likeness (QED) is 0.0803. The van der Waals surface area contributed by atoms with Crippen LogP contribution in [0.1, 0.15) is 47.3 Å². The molecular formula is C27H31N7O7. The zero-order valence-electron chi connectivity index (χ0n) is 22.2. The molecule has 0 aromatic heterocycles. The van der Waals surface area contributed by atoms with Crippen molar-refractivity contribution in [3.05, 3.63) is 65.2 Å². The number of carbonyl (C=O) groups excluding carboxylic acids is 3. The van der Waals surface area contributed by atoms with E-state index in [1.54, 1.807) is 36.1 Å². The van der Waals surface area contributed by atoms with E-state index in [4.69, 9.17) is 21.4 Å². The second kappa shape index (κ2) is 12.6. The van der Waals surface area contributed by atoms with Gasteiger partial charge in [-0.1, -0.05) is 35.5 Å². The first-order valence-corrected chi connectivity index (χ1v) is 12.9. The van der Waals surface area contributed by atoms with Gasteiger partial charge in [0.25, 0.3) is 11.8 Å². The van der Waals surface area contributed by atoms with Crippen molar-refractivity contribution in [3.8, 4) is 0 Å². The van der Waals surface area contributed by atoms with Crippen LogP contribution in [0.15, 0.2) is 58.7 Å². The van der Waals surface area contributed by atoms with Crippen molar-refractivity contribution in [1.82, 2.24) is 15.5 Å². The summed E-state index contributed by atoms with van der Waals surface area (Å²) in [5.74, 6) is -2.98. The van der Waals surface area contributed by atoms with E-state index in [2.05, 4.69) is 20.8 Å². The summed E-state index contributed by atoms with van der Waals surface area (Å²) < 4.78 is 5.67. The Bertz CT molecular complexity index is 1380. The van der Waals surface area contributed by atoms with E-state index < -0.39 is 42.2 Å². The summed E-state index contributed by atoms with van der Waals surface area (Å²) in [6.07, 6.45) is -1.51. The van der Waals surface area contributed by atoms with Gasteiger partial charge in [-0.2, -0.15) is 0 Å². The number of nitrogens with two attached hydrogens (primary N) is 2. The number of piperidine rings is 1. The molecule has 8 N–H and O–H groups in total. The molecule has 2 aliphatic heterocycles. The first-order chi connectivity index (χ1) is 19.6. The topological polar surface area (TPSA) is 222 Å². The molecule has 0 aliphatic carbocycles. The van der Waals surface area contributed by atoms with Gasteiger partial charge >= 0.3 is 5.97 Å². The Hall–Kier alpha value is -4.82. The minimum atomic E-state index is -1.63. The molecule has 2 aliphatic rings. The fourth-order valence-corrected chi connectivity index (χ4v) is 4.61. The normalized spacial score (nSPS) is 18.6. The van der Waals surface area contributed by atoms with Crippen molar-refractivity contribution >= 4 is 40.9 Å². The van der Waals surface area contributed by atoms with Gasteiger partial charge in [-0.15, -0.1) is 0 Å².